The molecule has 0 heterocycles. The van der Waals surface area contributed by atoms with Gasteiger partial charge in [-0.25, -0.2) is 8.42 Å². The van der Waals surface area contributed by atoms with Gasteiger partial charge in [0.25, 0.3) is 0 Å². The molecule has 1 aromatic carbocycles. The molecule has 0 aromatic heterocycles. The van der Waals surface area contributed by atoms with Crippen molar-refractivity contribution in [1.82, 2.24) is 0 Å². The lowest BCUT2D eigenvalue weighted by Gasteiger charge is -2.11. The second-order valence-electron chi connectivity index (χ2n) is 5.34. The number of anilines is 2. The van der Waals surface area contributed by atoms with E-state index in [0.29, 0.717) is 23.7 Å². The first-order valence-corrected chi connectivity index (χ1v) is 8.71. The molecule has 0 spiro atoms. The van der Waals surface area contributed by atoms with Crippen molar-refractivity contribution in [2.24, 2.45) is 11.7 Å². The lowest BCUT2D eigenvalue weighted by molar-refractivity contribution is -0.116. The van der Waals surface area contributed by atoms with Crippen LogP contribution in [0.25, 0.3) is 0 Å². The van der Waals surface area contributed by atoms with E-state index in [4.69, 9.17) is 5.73 Å². The standard InChI is InChI=1S/C14H21N3O3S/c1-2-21(19,20)17-12-7-5-11(6-8-12)16-14(18)9-13(15)10-3-4-10/h5-8,10,13,17H,2-4,9,15H2,1H3,(H,16,18). The van der Waals surface area contributed by atoms with Crippen LogP contribution < -0.4 is 15.8 Å². The van der Waals surface area contributed by atoms with Gasteiger partial charge in [-0.1, -0.05) is 0 Å². The summed E-state index contributed by atoms with van der Waals surface area (Å²) in [5.41, 5.74) is 7.01. The van der Waals surface area contributed by atoms with Crippen molar-refractivity contribution < 1.29 is 13.2 Å². The Hall–Kier alpha value is -1.60. The Morgan fingerprint density at radius 2 is 1.86 bits per heavy atom. The minimum Gasteiger partial charge on any atom is -0.327 e. The van der Waals surface area contributed by atoms with Crippen LogP contribution in [0, 0.1) is 5.92 Å². The van der Waals surface area contributed by atoms with Gasteiger partial charge in [0.15, 0.2) is 0 Å². The average Bonchev–Trinajstić information content (AvgIpc) is 3.25. The predicted octanol–water partition coefficient (Wildman–Crippen LogP) is 1.51. The fourth-order valence-corrected chi connectivity index (χ4v) is 2.63. The van der Waals surface area contributed by atoms with Gasteiger partial charge in [0.1, 0.15) is 0 Å². The summed E-state index contributed by atoms with van der Waals surface area (Å²) in [7, 11) is -3.28. The van der Waals surface area contributed by atoms with E-state index in [2.05, 4.69) is 10.0 Å². The van der Waals surface area contributed by atoms with Gasteiger partial charge in [0, 0.05) is 23.8 Å². The van der Waals surface area contributed by atoms with Crippen molar-refractivity contribution in [3.8, 4) is 0 Å². The Labute approximate surface area is 125 Å². The summed E-state index contributed by atoms with van der Waals surface area (Å²) >= 11 is 0. The molecule has 21 heavy (non-hydrogen) atoms. The van der Waals surface area contributed by atoms with E-state index in [9.17, 15) is 13.2 Å². The maximum Gasteiger partial charge on any atom is 0.232 e. The quantitative estimate of drug-likeness (QED) is 0.710. The van der Waals surface area contributed by atoms with E-state index in [1.54, 1.807) is 31.2 Å². The molecule has 1 aliphatic rings. The highest BCUT2D eigenvalue weighted by Crippen LogP contribution is 2.32. The first-order valence-electron chi connectivity index (χ1n) is 7.05. The third-order valence-corrected chi connectivity index (χ3v) is 4.78. The lowest BCUT2D eigenvalue weighted by Crippen LogP contribution is -2.28. The van der Waals surface area contributed by atoms with Gasteiger partial charge in [0.2, 0.25) is 15.9 Å². The number of hydrogen-bond donors (Lipinski definition) is 3. The number of nitrogens with one attached hydrogen (secondary N) is 2. The van der Waals surface area contributed by atoms with E-state index < -0.39 is 10.0 Å². The minimum absolute atomic E-state index is 0.0184. The number of rotatable bonds is 7. The molecule has 0 radical (unpaired) electrons. The zero-order valence-corrected chi connectivity index (χ0v) is 12.8. The Kier molecular flexibility index (Phi) is 4.84. The highest BCUT2D eigenvalue weighted by molar-refractivity contribution is 7.92. The number of amides is 1. The topological polar surface area (TPSA) is 101 Å². The summed E-state index contributed by atoms with van der Waals surface area (Å²) in [6.45, 7) is 1.57. The van der Waals surface area contributed by atoms with Crippen molar-refractivity contribution in [2.75, 3.05) is 15.8 Å². The summed E-state index contributed by atoms with van der Waals surface area (Å²) in [5, 5.41) is 2.76. The van der Waals surface area contributed by atoms with E-state index in [1.165, 1.54) is 0 Å². The molecule has 1 fully saturated rings. The van der Waals surface area contributed by atoms with Crippen LogP contribution in [0.4, 0.5) is 11.4 Å². The molecule has 1 aromatic rings. The maximum absolute atomic E-state index is 11.8. The fraction of sp³-hybridized carbons (Fsp3) is 0.500. The minimum atomic E-state index is -3.28. The number of carbonyl (C=O) groups excluding carboxylic acids is 1. The first kappa shape index (κ1) is 15.8. The van der Waals surface area contributed by atoms with Gasteiger partial charge in [-0.3, -0.25) is 9.52 Å². The Balaban J connectivity index is 1.88. The van der Waals surface area contributed by atoms with Crippen LogP contribution >= 0.6 is 0 Å². The molecule has 1 atom stereocenters. The Morgan fingerprint density at radius 1 is 1.29 bits per heavy atom. The molecule has 1 unspecified atom stereocenters. The third-order valence-electron chi connectivity index (χ3n) is 3.47. The van der Waals surface area contributed by atoms with Crippen molar-refractivity contribution in [2.45, 2.75) is 32.2 Å². The predicted molar refractivity (Wildman–Crippen MR) is 83.5 cm³/mol. The van der Waals surface area contributed by atoms with E-state index in [-0.39, 0.29) is 17.7 Å². The monoisotopic (exact) mass is 311 g/mol. The van der Waals surface area contributed by atoms with Crippen molar-refractivity contribution in [3.63, 3.8) is 0 Å². The number of sulfonamides is 1. The van der Waals surface area contributed by atoms with Gasteiger partial charge in [0.05, 0.1) is 5.75 Å². The fourth-order valence-electron chi connectivity index (χ4n) is 1.99. The zero-order chi connectivity index (χ0) is 15.5. The van der Waals surface area contributed by atoms with Gasteiger partial charge in [-0.15, -0.1) is 0 Å². The number of hydrogen-bond acceptors (Lipinski definition) is 4. The van der Waals surface area contributed by atoms with E-state index in [0.717, 1.165) is 12.8 Å². The summed E-state index contributed by atoms with van der Waals surface area (Å²) in [5.74, 6) is 0.391. The molecule has 0 aliphatic heterocycles. The molecule has 2 rings (SSSR count). The molecule has 1 aliphatic carbocycles. The van der Waals surface area contributed by atoms with E-state index >= 15 is 0 Å². The molecule has 1 amide bonds. The highest BCUT2D eigenvalue weighted by atomic mass is 32.2. The molecular formula is C14H21N3O3S. The van der Waals surface area contributed by atoms with Crippen LogP contribution in [0.1, 0.15) is 26.2 Å². The maximum atomic E-state index is 11.8. The van der Waals surface area contributed by atoms with E-state index in [1.807, 2.05) is 0 Å². The van der Waals surface area contributed by atoms with Crippen LogP contribution in [0.15, 0.2) is 24.3 Å². The van der Waals surface area contributed by atoms with Crippen LogP contribution in [0.3, 0.4) is 0 Å². The summed E-state index contributed by atoms with van der Waals surface area (Å²) < 4.78 is 25.3. The second kappa shape index (κ2) is 6.44. The van der Waals surface area contributed by atoms with Crippen LogP contribution in [-0.2, 0) is 14.8 Å². The molecule has 4 N–H and O–H groups in total. The van der Waals surface area contributed by atoms with Gasteiger partial charge in [-0.2, -0.15) is 0 Å². The summed E-state index contributed by atoms with van der Waals surface area (Å²) in [6.07, 6.45) is 2.54. The van der Waals surface area contributed by atoms with Gasteiger partial charge >= 0.3 is 0 Å². The SMILES string of the molecule is CCS(=O)(=O)Nc1ccc(NC(=O)CC(N)C2CC2)cc1. The van der Waals surface area contributed by atoms with Crippen molar-refractivity contribution in [1.29, 1.82) is 0 Å². The van der Waals surface area contributed by atoms with Crippen molar-refractivity contribution in [3.05, 3.63) is 24.3 Å². The normalized spacial score (nSPS) is 16.3. The number of carbonyl (C=O) groups is 1. The number of nitrogens with two attached hydrogens (primary N) is 1. The molecule has 7 heteroatoms. The Bertz CT molecular complexity index is 594. The second-order valence-corrected chi connectivity index (χ2v) is 7.35. The molecule has 1 saturated carbocycles. The largest absolute Gasteiger partial charge is 0.327 e. The first-order chi connectivity index (χ1) is 9.89. The molecule has 0 bridgehead atoms. The number of benzene rings is 1. The molecule has 116 valence electrons. The van der Waals surface area contributed by atoms with Crippen LogP contribution in [0.2, 0.25) is 0 Å². The Morgan fingerprint density at radius 3 is 2.38 bits per heavy atom. The molecular weight excluding hydrogens is 290 g/mol. The molecule has 0 saturated heterocycles. The van der Waals surface area contributed by atoms with Crippen LogP contribution in [0.5, 0.6) is 0 Å². The van der Waals surface area contributed by atoms with Crippen molar-refractivity contribution >= 4 is 27.3 Å². The summed E-state index contributed by atoms with van der Waals surface area (Å²) in [4.78, 5) is 11.8. The average molecular weight is 311 g/mol. The zero-order valence-electron chi connectivity index (χ0n) is 12.0. The smallest absolute Gasteiger partial charge is 0.232 e. The van der Waals surface area contributed by atoms with Gasteiger partial charge in [-0.05, 0) is 49.9 Å². The lowest BCUT2D eigenvalue weighted by atomic mass is 10.1. The van der Waals surface area contributed by atoms with Gasteiger partial charge < -0.3 is 11.1 Å². The molecule has 6 nitrogen and oxygen atoms in total. The highest BCUT2D eigenvalue weighted by Gasteiger charge is 2.29. The summed E-state index contributed by atoms with van der Waals surface area (Å²) in [6, 6.07) is 6.48. The third kappa shape index (κ3) is 5.02. The van der Waals surface area contributed by atoms with Crippen LogP contribution in [-0.4, -0.2) is 26.1 Å².